The molecular formula is C10H14N4O3. The first-order chi connectivity index (χ1) is 8.00. The Bertz CT molecular complexity index is 476. The SMILES string of the molecule is Cc1nn(CC(=O)N2CCC2)c(C)c1[N+](=O)[O-]. The van der Waals surface area contributed by atoms with Gasteiger partial charge >= 0.3 is 5.69 Å². The number of carbonyl (C=O) groups is 1. The van der Waals surface area contributed by atoms with Gasteiger partial charge in [0.15, 0.2) is 0 Å². The molecule has 1 aliphatic heterocycles. The third-order valence-electron chi connectivity index (χ3n) is 3.02. The fourth-order valence-electron chi connectivity index (χ4n) is 1.90. The standard InChI is InChI=1S/C10H14N4O3/c1-7-10(14(16)17)8(2)13(11-7)6-9(15)12-4-3-5-12/h3-6H2,1-2H3. The molecule has 0 saturated carbocycles. The van der Waals surface area contributed by atoms with Crippen LogP contribution >= 0.6 is 0 Å². The van der Waals surface area contributed by atoms with Crippen LogP contribution in [-0.4, -0.2) is 38.6 Å². The zero-order valence-corrected chi connectivity index (χ0v) is 9.84. The van der Waals surface area contributed by atoms with E-state index in [0.29, 0.717) is 11.4 Å². The number of nitrogens with zero attached hydrogens (tertiary/aromatic N) is 4. The van der Waals surface area contributed by atoms with Crippen molar-refractivity contribution in [2.45, 2.75) is 26.8 Å². The lowest BCUT2D eigenvalue weighted by Crippen LogP contribution is -2.43. The maximum Gasteiger partial charge on any atom is 0.312 e. The fraction of sp³-hybridized carbons (Fsp3) is 0.600. The van der Waals surface area contributed by atoms with Gasteiger partial charge in [-0.15, -0.1) is 0 Å². The van der Waals surface area contributed by atoms with Crippen molar-refractivity contribution < 1.29 is 9.72 Å². The Morgan fingerprint density at radius 1 is 1.47 bits per heavy atom. The highest BCUT2D eigenvalue weighted by molar-refractivity contribution is 5.76. The van der Waals surface area contributed by atoms with Gasteiger partial charge in [-0.25, -0.2) is 0 Å². The van der Waals surface area contributed by atoms with E-state index in [1.54, 1.807) is 18.7 Å². The number of amides is 1. The minimum atomic E-state index is -0.456. The molecule has 7 nitrogen and oxygen atoms in total. The second-order valence-electron chi connectivity index (χ2n) is 4.17. The number of hydrogen-bond donors (Lipinski definition) is 0. The smallest absolute Gasteiger partial charge is 0.312 e. The summed E-state index contributed by atoms with van der Waals surface area (Å²) in [5.41, 5.74) is 0.784. The van der Waals surface area contributed by atoms with Crippen LogP contribution in [0.2, 0.25) is 0 Å². The Balaban J connectivity index is 2.18. The summed E-state index contributed by atoms with van der Waals surface area (Å²) in [4.78, 5) is 23.8. The summed E-state index contributed by atoms with van der Waals surface area (Å²) in [6, 6.07) is 0. The van der Waals surface area contributed by atoms with Gasteiger partial charge in [0.2, 0.25) is 5.91 Å². The van der Waals surface area contributed by atoms with Crippen molar-refractivity contribution >= 4 is 11.6 Å². The van der Waals surface area contributed by atoms with Crippen molar-refractivity contribution in [3.05, 3.63) is 21.5 Å². The van der Waals surface area contributed by atoms with Crippen LogP contribution in [0.5, 0.6) is 0 Å². The van der Waals surface area contributed by atoms with E-state index in [0.717, 1.165) is 19.5 Å². The molecule has 1 aliphatic rings. The van der Waals surface area contributed by atoms with E-state index in [1.807, 2.05) is 0 Å². The van der Waals surface area contributed by atoms with Crippen molar-refractivity contribution in [2.24, 2.45) is 0 Å². The molecule has 1 saturated heterocycles. The van der Waals surface area contributed by atoms with Crippen LogP contribution in [0.25, 0.3) is 0 Å². The Morgan fingerprint density at radius 3 is 2.53 bits per heavy atom. The summed E-state index contributed by atoms with van der Waals surface area (Å²) < 4.78 is 1.41. The summed E-state index contributed by atoms with van der Waals surface area (Å²) in [6.07, 6.45) is 1.03. The number of nitro groups is 1. The normalized spacial score (nSPS) is 14.6. The Hall–Kier alpha value is -1.92. The van der Waals surface area contributed by atoms with Crippen LogP contribution in [-0.2, 0) is 11.3 Å². The van der Waals surface area contributed by atoms with Crippen LogP contribution in [0.4, 0.5) is 5.69 Å². The second-order valence-corrected chi connectivity index (χ2v) is 4.17. The van der Waals surface area contributed by atoms with Crippen LogP contribution in [0.15, 0.2) is 0 Å². The van der Waals surface area contributed by atoms with Gasteiger partial charge in [-0.2, -0.15) is 5.10 Å². The molecule has 0 radical (unpaired) electrons. The van der Waals surface area contributed by atoms with E-state index in [1.165, 1.54) is 4.68 Å². The average molecular weight is 238 g/mol. The Kier molecular flexibility index (Phi) is 2.83. The third kappa shape index (κ3) is 2.00. The van der Waals surface area contributed by atoms with Crippen molar-refractivity contribution in [2.75, 3.05) is 13.1 Å². The van der Waals surface area contributed by atoms with Gasteiger partial charge in [-0.05, 0) is 20.3 Å². The Labute approximate surface area is 98.2 Å². The van der Waals surface area contributed by atoms with Crippen LogP contribution in [0.1, 0.15) is 17.8 Å². The van der Waals surface area contributed by atoms with Gasteiger partial charge < -0.3 is 4.90 Å². The summed E-state index contributed by atoms with van der Waals surface area (Å²) >= 11 is 0. The van der Waals surface area contributed by atoms with Crippen molar-refractivity contribution in [3.8, 4) is 0 Å². The molecule has 0 aliphatic carbocycles. The van der Waals surface area contributed by atoms with E-state index in [4.69, 9.17) is 0 Å². The van der Waals surface area contributed by atoms with Crippen molar-refractivity contribution in [3.63, 3.8) is 0 Å². The summed E-state index contributed by atoms with van der Waals surface area (Å²) in [6.45, 7) is 4.83. The second kappa shape index (κ2) is 4.15. The minimum absolute atomic E-state index is 0.00131. The average Bonchev–Trinajstić information content (AvgIpc) is 2.38. The lowest BCUT2D eigenvalue weighted by atomic mass is 10.2. The van der Waals surface area contributed by atoms with Crippen LogP contribution in [0.3, 0.4) is 0 Å². The highest BCUT2D eigenvalue weighted by Gasteiger charge is 2.25. The van der Waals surface area contributed by atoms with E-state index in [9.17, 15) is 14.9 Å². The van der Waals surface area contributed by atoms with E-state index in [-0.39, 0.29) is 18.1 Å². The number of rotatable bonds is 3. The fourth-order valence-corrected chi connectivity index (χ4v) is 1.90. The van der Waals surface area contributed by atoms with E-state index >= 15 is 0 Å². The summed E-state index contributed by atoms with van der Waals surface area (Å²) in [5.74, 6) is -0.0308. The highest BCUT2D eigenvalue weighted by Crippen LogP contribution is 2.22. The zero-order valence-electron chi connectivity index (χ0n) is 9.84. The molecule has 92 valence electrons. The zero-order chi connectivity index (χ0) is 12.6. The molecule has 1 fully saturated rings. The molecule has 0 N–H and O–H groups in total. The van der Waals surface area contributed by atoms with Crippen LogP contribution < -0.4 is 0 Å². The van der Waals surface area contributed by atoms with Gasteiger partial charge in [0.25, 0.3) is 0 Å². The predicted molar refractivity (Wildman–Crippen MR) is 59.6 cm³/mol. The molecule has 1 aromatic rings. The maximum absolute atomic E-state index is 11.7. The largest absolute Gasteiger partial charge is 0.341 e. The van der Waals surface area contributed by atoms with Crippen molar-refractivity contribution in [1.29, 1.82) is 0 Å². The first-order valence-electron chi connectivity index (χ1n) is 5.47. The highest BCUT2D eigenvalue weighted by atomic mass is 16.6. The number of hydrogen-bond acceptors (Lipinski definition) is 4. The van der Waals surface area contributed by atoms with Gasteiger partial charge in [-0.3, -0.25) is 19.6 Å². The first-order valence-corrected chi connectivity index (χ1v) is 5.47. The van der Waals surface area contributed by atoms with Gasteiger partial charge in [0, 0.05) is 13.1 Å². The molecule has 1 aromatic heterocycles. The molecule has 1 amide bonds. The number of likely N-dealkylation sites (tertiary alicyclic amines) is 1. The minimum Gasteiger partial charge on any atom is -0.341 e. The number of carbonyl (C=O) groups excluding carboxylic acids is 1. The maximum atomic E-state index is 11.7. The molecule has 0 aromatic carbocycles. The number of aryl methyl sites for hydroxylation is 1. The molecular weight excluding hydrogens is 224 g/mol. The lowest BCUT2D eigenvalue weighted by Gasteiger charge is -2.30. The topological polar surface area (TPSA) is 81.3 Å². The van der Waals surface area contributed by atoms with E-state index < -0.39 is 4.92 Å². The summed E-state index contributed by atoms with van der Waals surface area (Å²) in [7, 11) is 0. The molecule has 7 heteroatoms. The lowest BCUT2D eigenvalue weighted by molar-refractivity contribution is -0.386. The monoisotopic (exact) mass is 238 g/mol. The molecule has 2 heterocycles. The molecule has 0 spiro atoms. The molecule has 17 heavy (non-hydrogen) atoms. The van der Waals surface area contributed by atoms with Gasteiger partial charge in [0.1, 0.15) is 17.9 Å². The van der Waals surface area contributed by atoms with Crippen molar-refractivity contribution in [1.82, 2.24) is 14.7 Å². The Morgan fingerprint density at radius 2 is 2.12 bits per heavy atom. The predicted octanol–water partition coefficient (Wildman–Crippen LogP) is 0.640. The van der Waals surface area contributed by atoms with E-state index in [2.05, 4.69) is 5.10 Å². The molecule has 0 atom stereocenters. The number of aromatic nitrogens is 2. The summed E-state index contributed by atoms with van der Waals surface area (Å²) in [5, 5.41) is 14.8. The van der Waals surface area contributed by atoms with Crippen LogP contribution in [0, 0.1) is 24.0 Å². The van der Waals surface area contributed by atoms with Gasteiger partial charge in [-0.1, -0.05) is 0 Å². The van der Waals surface area contributed by atoms with Gasteiger partial charge in [0.05, 0.1) is 4.92 Å². The quantitative estimate of drug-likeness (QED) is 0.571. The molecule has 0 bridgehead atoms. The first kappa shape index (κ1) is 11.6. The molecule has 0 unspecified atom stereocenters. The molecule has 2 rings (SSSR count). The third-order valence-corrected chi connectivity index (χ3v) is 3.02.